The van der Waals surface area contributed by atoms with Gasteiger partial charge in [0.15, 0.2) is 5.60 Å². The number of benzene rings is 1. The van der Waals surface area contributed by atoms with Crippen LogP contribution in [-0.4, -0.2) is 17.4 Å². The van der Waals surface area contributed by atoms with E-state index in [-0.39, 0.29) is 11.8 Å². The minimum atomic E-state index is -0.860. The van der Waals surface area contributed by atoms with Gasteiger partial charge in [-0.1, -0.05) is 24.3 Å². The third-order valence-electron chi connectivity index (χ3n) is 3.19. The van der Waals surface area contributed by atoms with Crippen molar-refractivity contribution >= 4 is 11.8 Å². The first-order chi connectivity index (χ1) is 7.21. The van der Waals surface area contributed by atoms with E-state index in [0.717, 1.165) is 5.56 Å². The Bertz CT molecular complexity index is 464. The van der Waals surface area contributed by atoms with Crippen LogP contribution in [0.2, 0.25) is 0 Å². The van der Waals surface area contributed by atoms with Crippen LogP contribution in [0.1, 0.15) is 28.8 Å². The zero-order chi connectivity index (χ0) is 10.5. The number of carbonyl (C=O) groups is 2. The fourth-order valence-corrected chi connectivity index (χ4v) is 2.44. The van der Waals surface area contributed by atoms with E-state index in [4.69, 9.17) is 4.74 Å². The standard InChI is InChI=1S/C12H10O3/c13-10-5-6-12(15-10)7-8-3-1-2-4-9(8)11(12)14/h1-4H,5-7H2/t12-/m1/s1. The summed E-state index contributed by atoms with van der Waals surface area (Å²) in [5.41, 5.74) is 0.852. The fourth-order valence-electron chi connectivity index (χ4n) is 2.44. The van der Waals surface area contributed by atoms with Crippen molar-refractivity contribution in [3.8, 4) is 0 Å². The van der Waals surface area contributed by atoms with E-state index in [9.17, 15) is 9.59 Å². The zero-order valence-electron chi connectivity index (χ0n) is 8.16. The smallest absolute Gasteiger partial charge is 0.306 e. The maximum absolute atomic E-state index is 12.1. The summed E-state index contributed by atoms with van der Waals surface area (Å²) in [6.07, 6.45) is 1.44. The van der Waals surface area contributed by atoms with E-state index in [0.29, 0.717) is 24.8 Å². The Balaban J connectivity index is 2.07. The highest BCUT2D eigenvalue weighted by atomic mass is 16.6. The van der Waals surface area contributed by atoms with Crippen LogP contribution in [-0.2, 0) is 16.0 Å². The van der Waals surface area contributed by atoms with Crippen LogP contribution < -0.4 is 0 Å². The van der Waals surface area contributed by atoms with Gasteiger partial charge in [-0.3, -0.25) is 9.59 Å². The van der Waals surface area contributed by atoms with Gasteiger partial charge < -0.3 is 4.74 Å². The van der Waals surface area contributed by atoms with Crippen LogP contribution in [0.25, 0.3) is 0 Å². The number of fused-ring (bicyclic) bond motifs is 1. The molecule has 0 amide bonds. The molecule has 1 fully saturated rings. The molecule has 0 aromatic heterocycles. The molecule has 76 valence electrons. The number of esters is 1. The Morgan fingerprint density at radius 1 is 1.20 bits per heavy atom. The van der Waals surface area contributed by atoms with Gasteiger partial charge in [0.1, 0.15) is 0 Å². The van der Waals surface area contributed by atoms with Crippen molar-refractivity contribution in [3.63, 3.8) is 0 Å². The fraction of sp³-hybridized carbons (Fsp3) is 0.333. The molecular formula is C12H10O3. The Labute approximate surface area is 87.0 Å². The number of carbonyl (C=O) groups excluding carboxylic acids is 2. The van der Waals surface area contributed by atoms with E-state index in [1.54, 1.807) is 6.07 Å². The maximum atomic E-state index is 12.1. The van der Waals surface area contributed by atoms with Gasteiger partial charge in [-0.05, 0) is 5.56 Å². The number of ketones is 1. The van der Waals surface area contributed by atoms with Crippen molar-refractivity contribution in [1.29, 1.82) is 0 Å². The predicted molar refractivity (Wildman–Crippen MR) is 52.5 cm³/mol. The summed E-state index contributed by atoms with van der Waals surface area (Å²) in [6.45, 7) is 0. The van der Waals surface area contributed by atoms with Crippen molar-refractivity contribution in [2.24, 2.45) is 0 Å². The lowest BCUT2D eigenvalue weighted by Crippen LogP contribution is -2.35. The summed E-state index contributed by atoms with van der Waals surface area (Å²) in [5.74, 6) is -0.278. The molecule has 0 N–H and O–H groups in total. The molecule has 1 aliphatic carbocycles. The van der Waals surface area contributed by atoms with E-state index >= 15 is 0 Å². The molecule has 3 nitrogen and oxygen atoms in total. The molecule has 0 radical (unpaired) electrons. The summed E-state index contributed by atoms with van der Waals surface area (Å²) < 4.78 is 5.22. The topological polar surface area (TPSA) is 43.4 Å². The number of Topliss-reactive ketones (excluding diaryl/α,β-unsaturated/α-hetero) is 1. The number of hydrogen-bond donors (Lipinski definition) is 0. The molecule has 2 aliphatic rings. The third kappa shape index (κ3) is 1.06. The molecule has 1 aromatic carbocycles. The lowest BCUT2D eigenvalue weighted by molar-refractivity contribution is -0.145. The monoisotopic (exact) mass is 202 g/mol. The Morgan fingerprint density at radius 2 is 2.00 bits per heavy atom. The van der Waals surface area contributed by atoms with Crippen LogP contribution in [0.3, 0.4) is 0 Å². The molecule has 1 aliphatic heterocycles. The van der Waals surface area contributed by atoms with Crippen LogP contribution in [0.4, 0.5) is 0 Å². The van der Waals surface area contributed by atoms with Crippen LogP contribution >= 0.6 is 0 Å². The lowest BCUT2D eigenvalue weighted by atomic mass is 9.95. The van der Waals surface area contributed by atoms with Crippen molar-refractivity contribution in [3.05, 3.63) is 35.4 Å². The molecular weight excluding hydrogens is 192 g/mol. The molecule has 1 saturated heterocycles. The zero-order valence-corrected chi connectivity index (χ0v) is 8.16. The summed E-state index contributed by atoms with van der Waals surface area (Å²) in [7, 11) is 0. The van der Waals surface area contributed by atoms with E-state index in [1.165, 1.54) is 0 Å². The van der Waals surface area contributed by atoms with Gasteiger partial charge in [0, 0.05) is 24.8 Å². The van der Waals surface area contributed by atoms with Gasteiger partial charge in [0.05, 0.1) is 0 Å². The summed E-state index contributed by atoms with van der Waals surface area (Å²) in [6, 6.07) is 7.47. The van der Waals surface area contributed by atoms with Crippen LogP contribution in [0, 0.1) is 0 Å². The number of ether oxygens (including phenoxy) is 1. The highest BCUT2D eigenvalue weighted by Gasteiger charge is 2.51. The molecule has 1 atom stereocenters. The van der Waals surface area contributed by atoms with Crippen molar-refractivity contribution < 1.29 is 14.3 Å². The van der Waals surface area contributed by atoms with E-state index in [1.807, 2.05) is 18.2 Å². The summed E-state index contributed by atoms with van der Waals surface area (Å²) in [4.78, 5) is 23.2. The summed E-state index contributed by atoms with van der Waals surface area (Å²) >= 11 is 0. The second-order valence-corrected chi connectivity index (χ2v) is 4.13. The first-order valence-corrected chi connectivity index (χ1v) is 5.06. The van der Waals surface area contributed by atoms with E-state index in [2.05, 4.69) is 0 Å². The number of hydrogen-bond acceptors (Lipinski definition) is 3. The minimum Gasteiger partial charge on any atom is -0.450 e. The first kappa shape index (κ1) is 8.65. The van der Waals surface area contributed by atoms with Gasteiger partial charge in [0.2, 0.25) is 5.78 Å². The highest BCUT2D eigenvalue weighted by molar-refractivity contribution is 6.08. The Kier molecular flexibility index (Phi) is 1.55. The molecule has 1 heterocycles. The highest BCUT2D eigenvalue weighted by Crippen LogP contribution is 2.39. The average molecular weight is 202 g/mol. The van der Waals surface area contributed by atoms with Crippen LogP contribution in [0.15, 0.2) is 24.3 Å². The van der Waals surface area contributed by atoms with Crippen LogP contribution in [0.5, 0.6) is 0 Å². The van der Waals surface area contributed by atoms with Crippen molar-refractivity contribution in [2.45, 2.75) is 24.9 Å². The number of rotatable bonds is 0. The van der Waals surface area contributed by atoms with Gasteiger partial charge in [-0.25, -0.2) is 0 Å². The minimum absolute atomic E-state index is 0.0241. The maximum Gasteiger partial charge on any atom is 0.306 e. The molecule has 0 unspecified atom stereocenters. The van der Waals surface area contributed by atoms with Crippen molar-refractivity contribution in [2.75, 3.05) is 0 Å². The average Bonchev–Trinajstić information content (AvgIpc) is 2.72. The van der Waals surface area contributed by atoms with Gasteiger partial charge in [-0.2, -0.15) is 0 Å². The van der Waals surface area contributed by atoms with Gasteiger partial charge >= 0.3 is 5.97 Å². The molecule has 15 heavy (non-hydrogen) atoms. The first-order valence-electron chi connectivity index (χ1n) is 5.06. The molecule has 1 spiro atoms. The Hall–Kier alpha value is -1.64. The Morgan fingerprint density at radius 3 is 2.67 bits per heavy atom. The molecule has 3 rings (SSSR count). The van der Waals surface area contributed by atoms with Gasteiger partial charge in [-0.15, -0.1) is 0 Å². The molecule has 3 heteroatoms. The molecule has 0 bridgehead atoms. The predicted octanol–water partition coefficient (Wildman–Crippen LogP) is 1.50. The second kappa shape index (κ2) is 2.69. The van der Waals surface area contributed by atoms with E-state index < -0.39 is 5.60 Å². The van der Waals surface area contributed by atoms with Crippen molar-refractivity contribution in [1.82, 2.24) is 0 Å². The van der Waals surface area contributed by atoms with Gasteiger partial charge in [0.25, 0.3) is 0 Å². The second-order valence-electron chi connectivity index (χ2n) is 4.13. The third-order valence-corrected chi connectivity index (χ3v) is 3.19. The molecule has 1 aromatic rings. The largest absolute Gasteiger partial charge is 0.450 e. The summed E-state index contributed by atoms with van der Waals surface area (Å²) in [5, 5.41) is 0. The normalized spacial score (nSPS) is 28.3. The SMILES string of the molecule is O=C1CC[C@]2(Cc3ccccc3C2=O)O1. The lowest BCUT2D eigenvalue weighted by Gasteiger charge is -2.18. The quantitative estimate of drug-likeness (QED) is 0.599. The molecule has 0 saturated carbocycles.